The summed E-state index contributed by atoms with van der Waals surface area (Å²) in [5.74, 6) is 0.513. The molecule has 2 aromatic rings. The minimum absolute atomic E-state index is 0.513. The maximum atomic E-state index is 5.07. The van der Waals surface area contributed by atoms with Crippen molar-refractivity contribution in [2.75, 3.05) is 0 Å². The smallest absolute Gasteiger partial charge is 0.248 e. The van der Waals surface area contributed by atoms with Crippen molar-refractivity contribution in [3.05, 3.63) is 33.5 Å². The van der Waals surface area contributed by atoms with Crippen LogP contribution in [0.1, 0.15) is 0 Å². The van der Waals surface area contributed by atoms with Crippen molar-refractivity contribution in [2.24, 2.45) is 0 Å². The number of rotatable bonds is 1. The Labute approximate surface area is 91.4 Å². The van der Waals surface area contributed by atoms with E-state index < -0.39 is 0 Å². The summed E-state index contributed by atoms with van der Waals surface area (Å²) < 4.78 is 7.00. The second-order valence-corrected chi connectivity index (χ2v) is 4.14. The van der Waals surface area contributed by atoms with E-state index in [9.17, 15) is 0 Å². The number of benzene rings is 1. The quantitative estimate of drug-likeness (QED) is 0.811. The maximum absolute atomic E-state index is 5.07. The van der Waals surface area contributed by atoms with E-state index >= 15 is 0 Å². The van der Waals surface area contributed by atoms with E-state index in [0.29, 0.717) is 5.89 Å². The molecule has 0 aliphatic carbocycles. The first-order chi connectivity index (χ1) is 6.27. The van der Waals surface area contributed by atoms with Gasteiger partial charge in [-0.15, -0.1) is 10.2 Å². The third-order valence-corrected chi connectivity index (χ3v) is 2.67. The van der Waals surface area contributed by atoms with Crippen LogP contribution in [0.25, 0.3) is 11.5 Å². The molecular weight excluding hydrogens is 300 g/mol. The molecular formula is C8H4Br2N2O. The predicted octanol–water partition coefficient (Wildman–Crippen LogP) is 3.26. The van der Waals surface area contributed by atoms with Gasteiger partial charge in [-0.1, -0.05) is 15.9 Å². The van der Waals surface area contributed by atoms with Gasteiger partial charge in [0.05, 0.1) is 5.56 Å². The molecule has 1 heterocycles. The average molecular weight is 304 g/mol. The van der Waals surface area contributed by atoms with E-state index in [-0.39, 0.29) is 0 Å². The SMILES string of the molecule is Brc1ccc(-c2nnco2)c(Br)c1. The molecule has 13 heavy (non-hydrogen) atoms. The lowest BCUT2D eigenvalue weighted by Crippen LogP contribution is -1.80. The molecule has 1 aromatic carbocycles. The Hall–Kier alpha value is -0.680. The van der Waals surface area contributed by atoms with Gasteiger partial charge in [-0.3, -0.25) is 0 Å². The molecule has 0 aliphatic heterocycles. The first kappa shape index (κ1) is 8.90. The molecule has 2 rings (SSSR count). The molecule has 0 atom stereocenters. The third kappa shape index (κ3) is 1.81. The Kier molecular flexibility index (Phi) is 2.46. The van der Waals surface area contributed by atoms with Crippen LogP contribution in [0.5, 0.6) is 0 Å². The van der Waals surface area contributed by atoms with Gasteiger partial charge >= 0.3 is 0 Å². The Morgan fingerprint density at radius 1 is 1.23 bits per heavy atom. The van der Waals surface area contributed by atoms with Crippen LogP contribution in [0.4, 0.5) is 0 Å². The lowest BCUT2D eigenvalue weighted by atomic mass is 10.2. The highest BCUT2D eigenvalue weighted by Crippen LogP contribution is 2.28. The van der Waals surface area contributed by atoms with Crippen LogP contribution >= 0.6 is 31.9 Å². The van der Waals surface area contributed by atoms with Crippen LogP contribution < -0.4 is 0 Å². The van der Waals surface area contributed by atoms with Crippen molar-refractivity contribution in [3.8, 4) is 11.5 Å². The standard InChI is InChI=1S/C8H4Br2N2O/c9-5-1-2-6(7(10)3-5)8-12-11-4-13-8/h1-4H. The van der Waals surface area contributed by atoms with Crippen molar-refractivity contribution in [3.63, 3.8) is 0 Å². The topological polar surface area (TPSA) is 38.9 Å². The summed E-state index contributed by atoms with van der Waals surface area (Å²) in [6.07, 6.45) is 1.31. The van der Waals surface area contributed by atoms with Gasteiger partial charge in [0.25, 0.3) is 0 Å². The number of hydrogen-bond donors (Lipinski definition) is 0. The lowest BCUT2D eigenvalue weighted by Gasteiger charge is -1.98. The molecule has 0 N–H and O–H groups in total. The number of halogens is 2. The summed E-state index contributed by atoms with van der Waals surface area (Å²) in [5.41, 5.74) is 0.890. The van der Waals surface area contributed by atoms with Crippen molar-refractivity contribution in [2.45, 2.75) is 0 Å². The molecule has 5 heteroatoms. The van der Waals surface area contributed by atoms with Gasteiger partial charge in [-0.05, 0) is 34.1 Å². The largest absolute Gasteiger partial charge is 0.423 e. The van der Waals surface area contributed by atoms with Crippen LogP contribution in [0.3, 0.4) is 0 Å². The van der Waals surface area contributed by atoms with Gasteiger partial charge in [-0.25, -0.2) is 0 Å². The Bertz CT molecular complexity index is 414. The Balaban J connectivity index is 2.53. The van der Waals surface area contributed by atoms with E-state index in [1.165, 1.54) is 6.39 Å². The summed E-state index contributed by atoms with van der Waals surface area (Å²) in [4.78, 5) is 0. The van der Waals surface area contributed by atoms with Gasteiger partial charge in [0.1, 0.15) is 0 Å². The van der Waals surface area contributed by atoms with E-state index in [1.54, 1.807) is 0 Å². The monoisotopic (exact) mass is 302 g/mol. The molecule has 0 spiro atoms. The number of hydrogen-bond acceptors (Lipinski definition) is 3. The van der Waals surface area contributed by atoms with Gasteiger partial charge in [0.15, 0.2) is 0 Å². The fourth-order valence-electron chi connectivity index (χ4n) is 0.953. The van der Waals surface area contributed by atoms with Crippen LogP contribution in [0, 0.1) is 0 Å². The lowest BCUT2D eigenvalue weighted by molar-refractivity contribution is 0.568. The van der Waals surface area contributed by atoms with E-state index in [2.05, 4.69) is 42.1 Å². The van der Waals surface area contributed by atoms with Gasteiger partial charge in [0, 0.05) is 8.95 Å². The van der Waals surface area contributed by atoms with E-state index in [0.717, 1.165) is 14.5 Å². The molecule has 0 saturated heterocycles. The Morgan fingerprint density at radius 2 is 2.08 bits per heavy atom. The molecule has 3 nitrogen and oxygen atoms in total. The third-order valence-electron chi connectivity index (χ3n) is 1.52. The average Bonchev–Trinajstić information content (AvgIpc) is 2.56. The molecule has 0 aliphatic rings. The molecule has 1 aromatic heterocycles. The second-order valence-electron chi connectivity index (χ2n) is 2.37. The number of aromatic nitrogens is 2. The summed E-state index contributed by atoms with van der Waals surface area (Å²) in [5, 5.41) is 7.43. The normalized spacial score (nSPS) is 10.3. The zero-order valence-corrected chi connectivity index (χ0v) is 9.54. The highest BCUT2D eigenvalue weighted by atomic mass is 79.9. The van der Waals surface area contributed by atoms with Crippen molar-refractivity contribution in [1.29, 1.82) is 0 Å². The summed E-state index contributed by atoms with van der Waals surface area (Å²) in [6, 6.07) is 5.76. The zero-order valence-electron chi connectivity index (χ0n) is 6.37. The van der Waals surface area contributed by atoms with Crippen molar-refractivity contribution in [1.82, 2.24) is 10.2 Å². The fraction of sp³-hybridized carbons (Fsp3) is 0. The van der Waals surface area contributed by atoms with Crippen LogP contribution in [0.15, 0.2) is 38.0 Å². The minimum atomic E-state index is 0.513. The zero-order chi connectivity index (χ0) is 9.26. The minimum Gasteiger partial charge on any atom is -0.423 e. The Morgan fingerprint density at radius 3 is 2.69 bits per heavy atom. The first-order valence-corrected chi connectivity index (χ1v) is 5.07. The van der Waals surface area contributed by atoms with Crippen LogP contribution in [-0.2, 0) is 0 Å². The van der Waals surface area contributed by atoms with Crippen molar-refractivity contribution < 1.29 is 4.42 Å². The van der Waals surface area contributed by atoms with Gasteiger partial charge < -0.3 is 4.42 Å². The van der Waals surface area contributed by atoms with Gasteiger partial charge in [0.2, 0.25) is 12.3 Å². The fourth-order valence-corrected chi connectivity index (χ4v) is 2.17. The molecule has 0 fully saturated rings. The van der Waals surface area contributed by atoms with E-state index in [1.807, 2.05) is 18.2 Å². The molecule has 0 saturated carbocycles. The summed E-state index contributed by atoms with van der Waals surface area (Å²) in [6.45, 7) is 0. The van der Waals surface area contributed by atoms with E-state index in [4.69, 9.17) is 4.42 Å². The predicted molar refractivity (Wildman–Crippen MR) is 55.1 cm³/mol. The number of nitrogens with zero attached hydrogens (tertiary/aromatic N) is 2. The molecule has 0 unspecified atom stereocenters. The first-order valence-electron chi connectivity index (χ1n) is 3.49. The maximum Gasteiger partial charge on any atom is 0.248 e. The molecule has 66 valence electrons. The molecule has 0 radical (unpaired) electrons. The van der Waals surface area contributed by atoms with Crippen LogP contribution in [-0.4, -0.2) is 10.2 Å². The summed E-state index contributed by atoms with van der Waals surface area (Å²) in [7, 11) is 0. The van der Waals surface area contributed by atoms with Crippen molar-refractivity contribution >= 4 is 31.9 Å². The highest BCUT2D eigenvalue weighted by Gasteiger charge is 2.07. The molecule has 0 bridgehead atoms. The molecule has 0 amide bonds. The second kappa shape index (κ2) is 3.59. The highest BCUT2D eigenvalue weighted by molar-refractivity contribution is 9.11. The summed E-state index contributed by atoms with van der Waals surface area (Å²) >= 11 is 6.77. The van der Waals surface area contributed by atoms with Crippen LogP contribution in [0.2, 0.25) is 0 Å². The van der Waals surface area contributed by atoms with Gasteiger partial charge in [-0.2, -0.15) is 0 Å².